The van der Waals surface area contributed by atoms with E-state index < -0.39 is 5.97 Å². The average molecular weight is 542 g/mol. The summed E-state index contributed by atoms with van der Waals surface area (Å²) in [6, 6.07) is 22.4. The number of benzene rings is 3. The number of ether oxygens (including phenoxy) is 1. The molecular weight excluding hydrogens is 502 g/mol. The number of aromatic nitrogens is 3. The summed E-state index contributed by atoms with van der Waals surface area (Å²) in [7, 11) is 1.55. The van der Waals surface area contributed by atoms with Gasteiger partial charge in [0.2, 0.25) is 0 Å². The fourth-order valence-electron chi connectivity index (χ4n) is 4.95. The van der Waals surface area contributed by atoms with Gasteiger partial charge in [0, 0.05) is 18.5 Å². The van der Waals surface area contributed by atoms with E-state index in [0.717, 1.165) is 41.8 Å². The molecule has 1 heterocycles. The molecular formula is C33H39N3O4. The van der Waals surface area contributed by atoms with Gasteiger partial charge in [0.1, 0.15) is 11.6 Å². The second kappa shape index (κ2) is 12.4. The molecule has 210 valence electrons. The Balaban J connectivity index is 1.40. The third-order valence-electron chi connectivity index (χ3n) is 7.24. The Hall–Kier alpha value is -4.13. The molecule has 0 aliphatic carbocycles. The van der Waals surface area contributed by atoms with Crippen molar-refractivity contribution in [3.05, 3.63) is 105 Å². The summed E-state index contributed by atoms with van der Waals surface area (Å²) in [5.74, 6) is 0.507. The first-order chi connectivity index (χ1) is 19.1. The number of carboxylic acids is 1. The molecule has 0 amide bonds. The number of hydrogen-bond acceptors (Lipinski definition) is 4. The van der Waals surface area contributed by atoms with Crippen LogP contribution in [0.1, 0.15) is 62.2 Å². The van der Waals surface area contributed by atoms with Crippen molar-refractivity contribution in [2.75, 3.05) is 7.11 Å². The predicted molar refractivity (Wildman–Crippen MR) is 158 cm³/mol. The number of aryl methyl sites for hydroxylation is 2. The molecule has 1 aromatic heterocycles. The summed E-state index contributed by atoms with van der Waals surface area (Å²) in [6.45, 7) is 9.61. The van der Waals surface area contributed by atoms with Crippen molar-refractivity contribution in [1.29, 1.82) is 0 Å². The molecule has 3 aromatic carbocycles. The highest BCUT2D eigenvalue weighted by Crippen LogP contribution is 2.28. The molecule has 0 radical (unpaired) electrons. The second-order valence-electron chi connectivity index (χ2n) is 11.2. The molecule has 40 heavy (non-hydrogen) atoms. The lowest BCUT2D eigenvalue weighted by molar-refractivity contribution is -0.136. The number of carbonyl (C=O) groups is 1. The highest BCUT2D eigenvalue weighted by Gasteiger charge is 2.15. The van der Waals surface area contributed by atoms with Crippen molar-refractivity contribution >= 4 is 5.97 Å². The van der Waals surface area contributed by atoms with Gasteiger partial charge >= 0.3 is 11.7 Å². The van der Waals surface area contributed by atoms with Crippen LogP contribution in [0.25, 0.3) is 11.1 Å². The number of rotatable bonds is 11. The standard InChI is InChI=1S/C33H39N3O4/c1-6-35-30(34-36(32(35)39)22-24-12-17-28(18-13-24)33(2,3)4)9-7-8-23-10-14-25(15-11-23)26-16-19-29(40-5)27(20-26)21-31(37)38/h10-20H,6-9,21-22H2,1-5H3,(H,37,38). The van der Waals surface area contributed by atoms with Gasteiger partial charge in [0.25, 0.3) is 0 Å². The Kier molecular flexibility index (Phi) is 8.93. The smallest absolute Gasteiger partial charge is 0.346 e. The Bertz CT molecular complexity index is 1510. The maximum atomic E-state index is 13.0. The van der Waals surface area contributed by atoms with Crippen LogP contribution >= 0.6 is 0 Å². The van der Waals surface area contributed by atoms with Gasteiger partial charge in [0.15, 0.2) is 0 Å². The van der Waals surface area contributed by atoms with Crippen molar-refractivity contribution < 1.29 is 14.6 Å². The molecule has 1 N–H and O–H groups in total. The maximum absolute atomic E-state index is 13.0. The Morgan fingerprint density at radius 3 is 2.17 bits per heavy atom. The number of aliphatic carboxylic acids is 1. The molecule has 0 atom stereocenters. The van der Waals surface area contributed by atoms with Gasteiger partial charge in [-0.05, 0) is 65.1 Å². The van der Waals surface area contributed by atoms with Crippen LogP contribution in [0, 0.1) is 0 Å². The topological polar surface area (TPSA) is 86.3 Å². The van der Waals surface area contributed by atoms with Crippen LogP contribution in [0.4, 0.5) is 0 Å². The van der Waals surface area contributed by atoms with E-state index in [0.29, 0.717) is 24.4 Å². The van der Waals surface area contributed by atoms with Gasteiger partial charge in [-0.15, -0.1) is 0 Å². The minimum Gasteiger partial charge on any atom is -0.496 e. The lowest BCUT2D eigenvalue weighted by Gasteiger charge is -2.19. The zero-order valence-corrected chi connectivity index (χ0v) is 24.1. The van der Waals surface area contributed by atoms with Gasteiger partial charge in [-0.3, -0.25) is 9.36 Å². The molecule has 0 saturated heterocycles. The van der Waals surface area contributed by atoms with Crippen LogP contribution in [-0.4, -0.2) is 32.5 Å². The fourth-order valence-corrected chi connectivity index (χ4v) is 4.95. The Morgan fingerprint density at radius 2 is 1.57 bits per heavy atom. The van der Waals surface area contributed by atoms with Crippen LogP contribution in [0.15, 0.2) is 71.5 Å². The van der Waals surface area contributed by atoms with E-state index in [1.54, 1.807) is 16.4 Å². The highest BCUT2D eigenvalue weighted by atomic mass is 16.5. The van der Waals surface area contributed by atoms with Gasteiger partial charge in [-0.25, -0.2) is 9.48 Å². The molecule has 0 unspecified atom stereocenters. The number of hydrogen-bond donors (Lipinski definition) is 1. The van der Waals surface area contributed by atoms with E-state index in [4.69, 9.17) is 4.74 Å². The van der Waals surface area contributed by atoms with Gasteiger partial charge in [-0.1, -0.05) is 75.4 Å². The Labute approximate surface area is 236 Å². The summed E-state index contributed by atoms with van der Waals surface area (Å²) in [5, 5.41) is 13.9. The summed E-state index contributed by atoms with van der Waals surface area (Å²) in [5.41, 5.74) is 6.18. The summed E-state index contributed by atoms with van der Waals surface area (Å²) < 4.78 is 8.66. The van der Waals surface area contributed by atoms with Crippen LogP contribution in [0.3, 0.4) is 0 Å². The van der Waals surface area contributed by atoms with E-state index >= 15 is 0 Å². The molecule has 0 bridgehead atoms. The van der Waals surface area contributed by atoms with Crippen LogP contribution in [-0.2, 0) is 42.6 Å². The summed E-state index contributed by atoms with van der Waals surface area (Å²) >= 11 is 0. The first-order valence-electron chi connectivity index (χ1n) is 13.8. The first kappa shape index (κ1) is 28.9. The first-order valence-corrected chi connectivity index (χ1v) is 13.8. The van der Waals surface area contributed by atoms with E-state index in [-0.39, 0.29) is 17.5 Å². The number of carboxylic acid groups (broad SMARTS) is 1. The minimum absolute atomic E-state index is 0.0662. The third-order valence-corrected chi connectivity index (χ3v) is 7.24. The molecule has 0 spiro atoms. The maximum Gasteiger partial charge on any atom is 0.346 e. The molecule has 0 saturated carbocycles. The molecule has 4 rings (SSSR count). The van der Waals surface area contributed by atoms with Crippen LogP contribution in [0.5, 0.6) is 5.75 Å². The van der Waals surface area contributed by atoms with E-state index in [2.05, 4.69) is 74.4 Å². The van der Waals surface area contributed by atoms with Crippen LogP contribution in [0.2, 0.25) is 0 Å². The molecule has 7 nitrogen and oxygen atoms in total. The van der Waals surface area contributed by atoms with E-state index in [1.165, 1.54) is 11.1 Å². The van der Waals surface area contributed by atoms with Crippen molar-refractivity contribution in [1.82, 2.24) is 14.3 Å². The van der Waals surface area contributed by atoms with Crippen molar-refractivity contribution in [3.63, 3.8) is 0 Å². The van der Waals surface area contributed by atoms with Crippen LogP contribution < -0.4 is 10.4 Å². The van der Waals surface area contributed by atoms with Crippen molar-refractivity contribution in [3.8, 4) is 16.9 Å². The molecule has 7 heteroatoms. The quantitative estimate of drug-likeness (QED) is 0.256. The predicted octanol–water partition coefficient (Wildman–Crippen LogP) is 5.89. The van der Waals surface area contributed by atoms with Gasteiger partial charge < -0.3 is 9.84 Å². The zero-order chi connectivity index (χ0) is 28.9. The number of nitrogens with zero attached hydrogens (tertiary/aromatic N) is 3. The third kappa shape index (κ3) is 6.89. The van der Waals surface area contributed by atoms with E-state index in [9.17, 15) is 14.7 Å². The summed E-state index contributed by atoms with van der Waals surface area (Å²) in [6.07, 6.45) is 2.38. The second-order valence-corrected chi connectivity index (χ2v) is 11.2. The molecule has 0 fully saturated rings. The Morgan fingerprint density at radius 1 is 0.925 bits per heavy atom. The number of methoxy groups -OCH3 is 1. The SMILES string of the molecule is CCn1c(CCCc2ccc(-c3ccc(OC)c(CC(=O)O)c3)cc2)nn(Cc2ccc(C(C)(C)C)cc2)c1=O. The largest absolute Gasteiger partial charge is 0.496 e. The molecule has 0 aliphatic rings. The zero-order valence-electron chi connectivity index (χ0n) is 24.1. The monoisotopic (exact) mass is 541 g/mol. The normalized spacial score (nSPS) is 11.5. The van der Waals surface area contributed by atoms with E-state index in [1.807, 2.05) is 25.1 Å². The lowest BCUT2D eigenvalue weighted by Crippen LogP contribution is -2.25. The minimum atomic E-state index is -0.890. The highest BCUT2D eigenvalue weighted by molar-refractivity contribution is 5.74. The molecule has 4 aromatic rings. The molecule has 0 aliphatic heterocycles. The average Bonchev–Trinajstić information content (AvgIpc) is 3.22. The van der Waals surface area contributed by atoms with Crippen molar-refractivity contribution in [2.24, 2.45) is 0 Å². The lowest BCUT2D eigenvalue weighted by atomic mass is 9.87. The van der Waals surface area contributed by atoms with Gasteiger partial charge in [0.05, 0.1) is 20.1 Å². The fraction of sp³-hybridized carbons (Fsp3) is 0.364. The summed E-state index contributed by atoms with van der Waals surface area (Å²) in [4.78, 5) is 24.2. The van der Waals surface area contributed by atoms with Gasteiger partial charge in [-0.2, -0.15) is 5.10 Å². The van der Waals surface area contributed by atoms with Crippen molar-refractivity contribution in [2.45, 2.75) is 71.9 Å².